The number of rotatable bonds is 2. The Morgan fingerprint density at radius 3 is 2.10 bits per heavy atom. The molecule has 0 aliphatic heterocycles. The van der Waals surface area contributed by atoms with Gasteiger partial charge in [-0.15, -0.1) is 5.11 Å². The first-order chi connectivity index (χ1) is 10.1. The van der Waals surface area contributed by atoms with Crippen molar-refractivity contribution in [1.82, 2.24) is 5.01 Å². The van der Waals surface area contributed by atoms with Crippen LogP contribution >= 0.6 is 0 Å². The molecule has 3 rings (SSSR count). The first kappa shape index (κ1) is 13.2. The summed E-state index contributed by atoms with van der Waals surface area (Å²) in [4.78, 5) is 25.2. The minimum atomic E-state index is -0.187. The van der Waals surface area contributed by atoms with E-state index in [-0.39, 0.29) is 11.6 Å². The average Bonchev–Trinajstić information content (AvgIpc) is 2.50. The summed E-state index contributed by atoms with van der Waals surface area (Å²) in [6, 6.07) is 11.9. The minimum absolute atomic E-state index is 0.151. The van der Waals surface area contributed by atoms with E-state index < -0.39 is 0 Å². The number of fused-ring (bicyclic) bond motifs is 2. The van der Waals surface area contributed by atoms with Gasteiger partial charge in [-0.3, -0.25) is 14.6 Å². The molecule has 0 spiro atoms. The number of benzene rings is 2. The molecule has 0 saturated carbocycles. The zero-order valence-corrected chi connectivity index (χ0v) is 11.7. The standard InChI is InChI=1S/C16H13N3O2/c1-19(2)18-17-13-9-5-8-12-14(13)16(21)11-7-4-3-6-10(11)15(12)20/h3-9H,1-2H3. The van der Waals surface area contributed by atoms with Crippen molar-refractivity contribution in [3.8, 4) is 0 Å². The molecule has 0 N–H and O–H groups in total. The Hall–Kier alpha value is -2.82. The highest BCUT2D eigenvalue weighted by molar-refractivity contribution is 6.29. The summed E-state index contributed by atoms with van der Waals surface area (Å²) in [6.45, 7) is 0. The highest BCUT2D eigenvalue weighted by atomic mass is 16.1. The predicted molar refractivity (Wildman–Crippen MR) is 78.0 cm³/mol. The van der Waals surface area contributed by atoms with Crippen molar-refractivity contribution in [3.05, 3.63) is 64.7 Å². The molecule has 0 radical (unpaired) electrons. The Balaban J connectivity index is 2.21. The maximum absolute atomic E-state index is 12.7. The molecule has 2 aromatic rings. The van der Waals surface area contributed by atoms with E-state index >= 15 is 0 Å². The van der Waals surface area contributed by atoms with Crippen LogP contribution in [0.4, 0.5) is 5.69 Å². The molecule has 21 heavy (non-hydrogen) atoms. The Morgan fingerprint density at radius 2 is 1.43 bits per heavy atom. The van der Waals surface area contributed by atoms with Gasteiger partial charge in [0, 0.05) is 30.8 Å². The lowest BCUT2D eigenvalue weighted by Crippen LogP contribution is -2.20. The molecule has 2 aromatic carbocycles. The van der Waals surface area contributed by atoms with Crippen molar-refractivity contribution in [2.75, 3.05) is 14.1 Å². The smallest absolute Gasteiger partial charge is 0.196 e. The second-order valence-corrected chi connectivity index (χ2v) is 4.94. The molecule has 0 atom stereocenters. The first-order valence-corrected chi connectivity index (χ1v) is 6.50. The largest absolute Gasteiger partial charge is 0.289 e. The fraction of sp³-hybridized carbons (Fsp3) is 0.125. The minimum Gasteiger partial charge on any atom is -0.289 e. The maximum Gasteiger partial charge on any atom is 0.196 e. The fourth-order valence-electron chi connectivity index (χ4n) is 2.35. The van der Waals surface area contributed by atoms with E-state index in [0.717, 1.165) is 0 Å². The molecular formula is C16H13N3O2. The molecule has 104 valence electrons. The van der Waals surface area contributed by atoms with Gasteiger partial charge in [-0.05, 0) is 6.07 Å². The topological polar surface area (TPSA) is 62.1 Å². The molecule has 1 aliphatic carbocycles. The van der Waals surface area contributed by atoms with Crippen molar-refractivity contribution in [2.24, 2.45) is 10.3 Å². The summed E-state index contributed by atoms with van der Waals surface area (Å²) in [5, 5.41) is 9.50. The van der Waals surface area contributed by atoms with Gasteiger partial charge in [0.05, 0.1) is 11.3 Å². The van der Waals surface area contributed by atoms with Gasteiger partial charge in [0.15, 0.2) is 11.6 Å². The van der Waals surface area contributed by atoms with Crippen molar-refractivity contribution in [3.63, 3.8) is 0 Å². The van der Waals surface area contributed by atoms with Crippen LogP contribution in [0.15, 0.2) is 52.8 Å². The summed E-state index contributed by atoms with van der Waals surface area (Å²) < 4.78 is 0. The van der Waals surface area contributed by atoms with Crippen LogP contribution in [0.25, 0.3) is 0 Å². The number of hydrogen-bond donors (Lipinski definition) is 0. The van der Waals surface area contributed by atoms with E-state index in [1.54, 1.807) is 56.6 Å². The first-order valence-electron chi connectivity index (χ1n) is 6.50. The number of nitrogens with zero attached hydrogens (tertiary/aromatic N) is 3. The van der Waals surface area contributed by atoms with Gasteiger partial charge in [0.25, 0.3) is 0 Å². The Labute approximate surface area is 121 Å². The maximum atomic E-state index is 12.7. The van der Waals surface area contributed by atoms with Crippen LogP contribution < -0.4 is 0 Å². The fourth-order valence-corrected chi connectivity index (χ4v) is 2.35. The molecular weight excluding hydrogens is 266 g/mol. The van der Waals surface area contributed by atoms with Crippen molar-refractivity contribution >= 4 is 17.3 Å². The van der Waals surface area contributed by atoms with Gasteiger partial charge in [0.1, 0.15) is 0 Å². The molecule has 0 bridgehead atoms. The highest BCUT2D eigenvalue weighted by Gasteiger charge is 2.31. The highest BCUT2D eigenvalue weighted by Crippen LogP contribution is 2.33. The molecule has 5 heteroatoms. The quantitative estimate of drug-likeness (QED) is 0.535. The third kappa shape index (κ3) is 2.12. The summed E-state index contributed by atoms with van der Waals surface area (Å²) in [6.07, 6.45) is 0. The normalized spacial score (nSPS) is 13.2. The monoisotopic (exact) mass is 279 g/mol. The van der Waals surface area contributed by atoms with Gasteiger partial charge in [-0.1, -0.05) is 41.6 Å². The summed E-state index contributed by atoms with van der Waals surface area (Å²) >= 11 is 0. The second kappa shape index (κ2) is 4.94. The van der Waals surface area contributed by atoms with Gasteiger partial charge in [-0.2, -0.15) is 0 Å². The lowest BCUT2D eigenvalue weighted by Gasteiger charge is -2.18. The van der Waals surface area contributed by atoms with E-state index in [1.165, 1.54) is 5.01 Å². The summed E-state index contributed by atoms with van der Waals surface area (Å²) in [5.74, 6) is -0.337. The number of ketones is 2. The number of hydrogen-bond acceptors (Lipinski definition) is 4. The van der Waals surface area contributed by atoms with Crippen molar-refractivity contribution in [1.29, 1.82) is 0 Å². The molecule has 0 heterocycles. The molecule has 1 aliphatic rings. The van der Waals surface area contributed by atoms with Crippen molar-refractivity contribution in [2.45, 2.75) is 0 Å². The van der Waals surface area contributed by atoms with E-state index in [1.807, 2.05) is 0 Å². The number of carbonyl (C=O) groups excluding carboxylic acids is 2. The van der Waals surface area contributed by atoms with E-state index in [4.69, 9.17) is 0 Å². The molecule has 0 saturated heterocycles. The number of carbonyl (C=O) groups is 2. The van der Waals surface area contributed by atoms with Gasteiger partial charge in [0.2, 0.25) is 0 Å². The third-order valence-corrected chi connectivity index (χ3v) is 3.26. The molecule has 5 nitrogen and oxygen atoms in total. The van der Waals surface area contributed by atoms with Gasteiger partial charge >= 0.3 is 0 Å². The third-order valence-electron chi connectivity index (χ3n) is 3.26. The molecule has 0 unspecified atom stereocenters. The summed E-state index contributed by atoms with van der Waals surface area (Å²) in [5.41, 5.74) is 1.98. The van der Waals surface area contributed by atoms with Crippen LogP contribution in [0.2, 0.25) is 0 Å². The van der Waals surface area contributed by atoms with E-state index in [9.17, 15) is 9.59 Å². The van der Waals surface area contributed by atoms with Gasteiger partial charge < -0.3 is 0 Å². The second-order valence-electron chi connectivity index (χ2n) is 4.94. The lowest BCUT2D eigenvalue weighted by molar-refractivity contribution is 0.0979. The van der Waals surface area contributed by atoms with Crippen LogP contribution in [0.5, 0.6) is 0 Å². The molecule has 0 aromatic heterocycles. The van der Waals surface area contributed by atoms with Crippen LogP contribution in [0.3, 0.4) is 0 Å². The average molecular weight is 279 g/mol. The Bertz CT molecular complexity index is 779. The lowest BCUT2D eigenvalue weighted by atomic mass is 9.83. The van der Waals surface area contributed by atoms with E-state index in [0.29, 0.717) is 27.9 Å². The van der Waals surface area contributed by atoms with Crippen molar-refractivity contribution < 1.29 is 9.59 Å². The zero-order chi connectivity index (χ0) is 15.0. The molecule has 0 amide bonds. The van der Waals surface area contributed by atoms with Crippen LogP contribution in [-0.4, -0.2) is 30.7 Å². The van der Waals surface area contributed by atoms with E-state index in [2.05, 4.69) is 10.3 Å². The van der Waals surface area contributed by atoms with Crippen LogP contribution in [-0.2, 0) is 0 Å². The molecule has 0 fully saturated rings. The van der Waals surface area contributed by atoms with Crippen LogP contribution in [0, 0.1) is 0 Å². The van der Waals surface area contributed by atoms with Gasteiger partial charge in [-0.25, -0.2) is 0 Å². The zero-order valence-electron chi connectivity index (χ0n) is 11.7. The SMILES string of the molecule is CN(C)N=Nc1cccc2c1C(=O)c1ccccc1C2=O. The predicted octanol–water partition coefficient (Wildman–Crippen LogP) is 3.02. The summed E-state index contributed by atoms with van der Waals surface area (Å²) in [7, 11) is 3.47. The Morgan fingerprint density at radius 1 is 0.810 bits per heavy atom. The Kier molecular flexibility index (Phi) is 3.10. The van der Waals surface area contributed by atoms with Crippen LogP contribution in [0.1, 0.15) is 31.8 Å².